The molecule has 4 nitrogen and oxygen atoms in total. The number of allylic oxidation sites excluding steroid dienone is 2. The van der Waals surface area contributed by atoms with Crippen LogP contribution in [0.3, 0.4) is 0 Å². The molecule has 0 bridgehead atoms. The minimum Gasteiger partial charge on any atom is -0.468 e. The standard InChI is InChI=1S/C17H27Br2NO3/c1-23-17(22)14-20-16(21)13-11-9-7-5-3-2-4-6-8-10-12-15(18)19/h11-13H,2-10,14H2,1H3,(H,20,21)/b13-11+. The third-order valence-electron chi connectivity index (χ3n) is 3.28. The van der Waals surface area contributed by atoms with Gasteiger partial charge in [-0.05, 0) is 63.6 Å². The first kappa shape index (κ1) is 22.4. The number of hydrogen-bond donors (Lipinski definition) is 1. The Balaban J connectivity index is 3.35. The van der Waals surface area contributed by atoms with Gasteiger partial charge in [-0.25, -0.2) is 0 Å². The zero-order chi connectivity index (χ0) is 17.3. The van der Waals surface area contributed by atoms with E-state index in [2.05, 4.69) is 48.0 Å². The molecule has 6 heteroatoms. The molecule has 1 N–H and O–H groups in total. The lowest BCUT2D eigenvalue weighted by atomic mass is 10.1. The highest BCUT2D eigenvalue weighted by Gasteiger charge is 2.01. The molecule has 0 rings (SSSR count). The summed E-state index contributed by atoms with van der Waals surface area (Å²) < 4.78 is 5.48. The fourth-order valence-electron chi connectivity index (χ4n) is 1.98. The van der Waals surface area contributed by atoms with Crippen molar-refractivity contribution in [2.24, 2.45) is 0 Å². The van der Waals surface area contributed by atoms with Crippen molar-refractivity contribution in [3.8, 4) is 0 Å². The highest BCUT2D eigenvalue weighted by atomic mass is 79.9. The van der Waals surface area contributed by atoms with Crippen molar-refractivity contribution >= 4 is 43.7 Å². The summed E-state index contributed by atoms with van der Waals surface area (Å²) in [6, 6.07) is 0. The van der Waals surface area contributed by atoms with E-state index in [0.717, 1.165) is 22.7 Å². The molecule has 23 heavy (non-hydrogen) atoms. The first-order chi connectivity index (χ1) is 11.1. The molecule has 0 unspecified atom stereocenters. The smallest absolute Gasteiger partial charge is 0.325 e. The second-order valence-electron chi connectivity index (χ2n) is 5.24. The number of amides is 1. The molecular weight excluding hydrogens is 426 g/mol. The van der Waals surface area contributed by atoms with Crippen molar-refractivity contribution in [1.29, 1.82) is 0 Å². The Hall–Kier alpha value is -0.620. The number of rotatable bonds is 13. The lowest BCUT2D eigenvalue weighted by Crippen LogP contribution is -2.28. The summed E-state index contributed by atoms with van der Waals surface area (Å²) in [5.41, 5.74) is 0. The monoisotopic (exact) mass is 451 g/mol. The maximum atomic E-state index is 11.4. The molecule has 0 fully saturated rings. The molecule has 0 radical (unpaired) electrons. The Labute approximate surface area is 156 Å². The van der Waals surface area contributed by atoms with Crippen molar-refractivity contribution in [3.05, 3.63) is 21.6 Å². The van der Waals surface area contributed by atoms with E-state index in [4.69, 9.17) is 0 Å². The number of esters is 1. The summed E-state index contributed by atoms with van der Waals surface area (Å²) >= 11 is 6.70. The van der Waals surface area contributed by atoms with Crippen LogP contribution in [-0.2, 0) is 14.3 Å². The van der Waals surface area contributed by atoms with Gasteiger partial charge in [0.15, 0.2) is 0 Å². The number of carbonyl (C=O) groups excluding carboxylic acids is 2. The molecule has 0 aromatic carbocycles. The Morgan fingerprint density at radius 3 is 2.09 bits per heavy atom. The Bertz CT molecular complexity index is 391. The molecular formula is C17H27Br2NO3. The van der Waals surface area contributed by atoms with Gasteiger partial charge < -0.3 is 10.1 Å². The van der Waals surface area contributed by atoms with Crippen molar-refractivity contribution in [2.75, 3.05) is 13.7 Å². The molecule has 0 aliphatic heterocycles. The van der Waals surface area contributed by atoms with Crippen LogP contribution < -0.4 is 5.32 Å². The molecule has 0 aromatic rings. The summed E-state index contributed by atoms with van der Waals surface area (Å²) in [6.45, 7) is -0.0813. The second-order valence-corrected chi connectivity index (χ2v) is 8.02. The maximum absolute atomic E-state index is 11.4. The number of carbonyl (C=O) groups is 2. The van der Waals surface area contributed by atoms with Crippen LogP contribution in [0.25, 0.3) is 0 Å². The van der Waals surface area contributed by atoms with Gasteiger partial charge in [-0.2, -0.15) is 0 Å². The number of methoxy groups -OCH3 is 1. The fraction of sp³-hybridized carbons (Fsp3) is 0.647. The highest BCUT2D eigenvalue weighted by molar-refractivity contribution is 9.28. The van der Waals surface area contributed by atoms with Crippen LogP contribution >= 0.6 is 31.9 Å². The van der Waals surface area contributed by atoms with Gasteiger partial charge in [0.05, 0.1) is 10.5 Å². The SMILES string of the molecule is COC(=O)CNC(=O)/C=C/CCCCCCCCCC=C(Br)Br. The van der Waals surface area contributed by atoms with Crippen molar-refractivity contribution in [3.63, 3.8) is 0 Å². The normalized spacial score (nSPS) is 10.6. The van der Waals surface area contributed by atoms with E-state index >= 15 is 0 Å². The summed E-state index contributed by atoms with van der Waals surface area (Å²) in [6.07, 6.45) is 16.1. The molecule has 0 saturated heterocycles. The quantitative estimate of drug-likeness (QED) is 0.243. The predicted octanol–water partition coefficient (Wildman–Crippen LogP) is 4.97. The molecule has 0 saturated carbocycles. The topological polar surface area (TPSA) is 55.4 Å². The van der Waals surface area contributed by atoms with Crippen LogP contribution in [-0.4, -0.2) is 25.5 Å². The minimum atomic E-state index is -0.442. The Morgan fingerprint density at radius 2 is 1.52 bits per heavy atom. The van der Waals surface area contributed by atoms with E-state index in [9.17, 15) is 9.59 Å². The average Bonchev–Trinajstić information content (AvgIpc) is 2.53. The fourth-order valence-corrected chi connectivity index (χ4v) is 2.44. The zero-order valence-corrected chi connectivity index (χ0v) is 17.0. The van der Waals surface area contributed by atoms with Crippen molar-refractivity contribution < 1.29 is 14.3 Å². The summed E-state index contributed by atoms with van der Waals surface area (Å²) in [4.78, 5) is 22.2. The van der Waals surface area contributed by atoms with Crippen LogP contribution in [0.2, 0.25) is 0 Å². The van der Waals surface area contributed by atoms with E-state index < -0.39 is 5.97 Å². The number of ether oxygens (including phenoxy) is 1. The van der Waals surface area contributed by atoms with Crippen LogP contribution in [0.1, 0.15) is 57.8 Å². The molecule has 0 aliphatic rings. The van der Waals surface area contributed by atoms with Gasteiger partial charge >= 0.3 is 5.97 Å². The van der Waals surface area contributed by atoms with E-state index in [1.807, 2.05) is 6.08 Å². The van der Waals surface area contributed by atoms with Crippen molar-refractivity contribution in [2.45, 2.75) is 57.8 Å². The number of unbranched alkanes of at least 4 members (excludes halogenated alkanes) is 8. The largest absolute Gasteiger partial charge is 0.468 e. The second kappa shape index (κ2) is 16.2. The van der Waals surface area contributed by atoms with Crippen LogP contribution in [0.15, 0.2) is 21.6 Å². The third kappa shape index (κ3) is 17.6. The van der Waals surface area contributed by atoms with Gasteiger partial charge in [-0.1, -0.05) is 44.3 Å². The van der Waals surface area contributed by atoms with E-state index in [-0.39, 0.29) is 12.5 Å². The van der Waals surface area contributed by atoms with E-state index in [1.165, 1.54) is 51.7 Å². The third-order valence-corrected chi connectivity index (χ3v) is 3.92. The highest BCUT2D eigenvalue weighted by Crippen LogP contribution is 2.16. The number of nitrogens with one attached hydrogen (secondary N) is 1. The van der Waals surface area contributed by atoms with E-state index in [0.29, 0.717) is 0 Å². The minimum absolute atomic E-state index is 0.0813. The Kier molecular flexibility index (Phi) is 15.8. The molecule has 132 valence electrons. The molecule has 0 aliphatic carbocycles. The van der Waals surface area contributed by atoms with Crippen LogP contribution in [0.5, 0.6) is 0 Å². The lowest BCUT2D eigenvalue weighted by molar-refractivity contribution is -0.140. The first-order valence-corrected chi connectivity index (χ1v) is 9.67. The molecule has 0 heterocycles. The Morgan fingerprint density at radius 1 is 0.957 bits per heavy atom. The summed E-state index contributed by atoms with van der Waals surface area (Å²) in [5.74, 6) is -0.692. The maximum Gasteiger partial charge on any atom is 0.325 e. The van der Waals surface area contributed by atoms with Crippen LogP contribution in [0.4, 0.5) is 0 Å². The predicted molar refractivity (Wildman–Crippen MR) is 102 cm³/mol. The van der Waals surface area contributed by atoms with Gasteiger partial charge in [-0.3, -0.25) is 9.59 Å². The van der Waals surface area contributed by atoms with Gasteiger partial charge in [0, 0.05) is 0 Å². The molecule has 0 spiro atoms. The van der Waals surface area contributed by atoms with Gasteiger partial charge in [0.25, 0.3) is 0 Å². The summed E-state index contributed by atoms with van der Waals surface area (Å²) in [7, 11) is 1.30. The molecule has 0 aromatic heterocycles. The lowest BCUT2D eigenvalue weighted by Gasteiger charge is -2.01. The van der Waals surface area contributed by atoms with Crippen molar-refractivity contribution in [1.82, 2.24) is 5.32 Å². The van der Waals surface area contributed by atoms with E-state index in [1.54, 1.807) is 0 Å². The van der Waals surface area contributed by atoms with Gasteiger partial charge in [-0.15, -0.1) is 0 Å². The molecule has 0 atom stereocenters. The number of hydrogen-bond acceptors (Lipinski definition) is 3. The first-order valence-electron chi connectivity index (χ1n) is 8.08. The van der Waals surface area contributed by atoms with Gasteiger partial charge in [0.1, 0.15) is 6.54 Å². The number of halogens is 2. The summed E-state index contributed by atoms with van der Waals surface area (Å²) in [5, 5.41) is 2.47. The van der Waals surface area contributed by atoms with Gasteiger partial charge in [0.2, 0.25) is 5.91 Å². The molecule has 1 amide bonds. The zero-order valence-electron chi connectivity index (χ0n) is 13.8. The van der Waals surface area contributed by atoms with Crippen LogP contribution in [0, 0.1) is 0 Å². The average molecular weight is 453 g/mol.